The summed E-state index contributed by atoms with van der Waals surface area (Å²) >= 11 is 0. The molecule has 7 heteroatoms. The fraction of sp³-hybridized carbons (Fsp3) is 0.500. The van der Waals surface area contributed by atoms with Crippen LogP contribution in [0.25, 0.3) is 0 Å². The fourth-order valence-electron chi connectivity index (χ4n) is 1.71. The molecule has 0 radical (unpaired) electrons. The van der Waals surface area contributed by atoms with Crippen LogP contribution >= 0.6 is 0 Å². The smallest absolute Gasteiger partial charge is 0.414 e. The SMILES string of the molecule is CC.COC(=O)c1cc(C(=O)OC)cc(N(C)C(=O)OC(C)(C)C)c1. The summed E-state index contributed by atoms with van der Waals surface area (Å²) in [6, 6.07) is 4.20. The number of hydrogen-bond acceptors (Lipinski definition) is 6. The van der Waals surface area contributed by atoms with E-state index < -0.39 is 23.6 Å². The Morgan fingerprint density at radius 3 is 1.60 bits per heavy atom. The molecule has 1 aromatic carbocycles. The van der Waals surface area contributed by atoms with Crippen LogP contribution in [0, 0.1) is 0 Å². The molecule has 0 N–H and O–H groups in total. The van der Waals surface area contributed by atoms with E-state index in [9.17, 15) is 14.4 Å². The first-order valence-electron chi connectivity index (χ1n) is 7.87. The maximum absolute atomic E-state index is 12.1. The predicted molar refractivity (Wildman–Crippen MR) is 95.1 cm³/mol. The van der Waals surface area contributed by atoms with E-state index >= 15 is 0 Å². The summed E-state index contributed by atoms with van der Waals surface area (Å²) in [7, 11) is 3.93. The number of amides is 1. The minimum atomic E-state index is -0.670. The zero-order chi connectivity index (χ0) is 19.8. The lowest BCUT2D eigenvalue weighted by Crippen LogP contribution is -2.34. The Morgan fingerprint density at radius 1 is 0.880 bits per heavy atom. The van der Waals surface area contributed by atoms with Gasteiger partial charge in [-0.15, -0.1) is 0 Å². The van der Waals surface area contributed by atoms with Crippen molar-refractivity contribution in [2.24, 2.45) is 0 Å². The first kappa shape index (κ1) is 22.4. The molecule has 1 aromatic rings. The van der Waals surface area contributed by atoms with Gasteiger partial charge in [0.15, 0.2) is 0 Å². The van der Waals surface area contributed by atoms with E-state index in [0.717, 1.165) is 0 Å². The molecule has 0 fully saturated rings. The maximum atomic E-state index is 12.1. The topological polar surface area (TPSA) is 82.1 Å². The van der Waals surface area contributed by atoms with Crippen molar-refractivity contribution in [3.63, 3.8) is 0 Å². The van der Waals surface area contributed by atoms with Crippen LogP contribution in [0.15, 0.2) is 18.2 Å². The lowest BCUT2D eigenvalue weighted by atomic mass is 10.1. The van der Waals surface area contributed by atoms with Gasteiger partial charge in [0.05, 0.1) is 25.3 Å². The number of ether oxygens (including phenoxy) is 3. The van der Waals surface area contributed by atoms with E-state index in [2.05, 4.69) is 9.47 Å². The number of methoxy groups -OCH3 is 2. The Bertz CT molecular complexity index is 584. The van der Waals surface area contributed by atoms with Gasteiger partial charge in [-0.25, -0.2) is 14.4 Å². The molecule has 0 bridgehead atoms. The van der Waals surface area contributed by atoms with E-state index in [1.165, 1.54) is 44.4 Å². The van der Waals surface area contributed by atoms with Gasteiger partial charge < -0.3 is 14.2 Å². The van der Waals surface area contributed by atoms with Crippen molar-refractivity contribution in [1.82, 2.24) is 0 Å². The third-order valence-electron chi connectivity index (χ3n) is 2.81. The number of benzene rings is 1. The van der Waals surface area contributed by atoms with Gasteiger partial charge in [-0.1, -0.05) is 13.8 Å². The Morgan fingerprint density at radius 2 is 1.28 bits per heavy atom. The highest BCUT2D eigenvalue weighted by Crippen LogP contribution is 2.22. The largest absolute Gasteiger partial charge is 0.465 e. The molecular formula is C18H27NO6. The van der Waals surface area contributed by atoms with Gasteiger partial charge in [-0.05, 0) is 39.0 Å². The molecule has 0 atom stereocenters. The van der Waals surface area contributed by atoms with Crippen molar-refractivity contribution in [3.8, 4) is 0 Å². The summed E-state index contributed by atoms with van der Waals surface area (Å²) in [5.74, 6) is -1.26. The third-order valence-corrected chi connectivity index (χ3v) is 2.81. The Kier molecular flexibility index (Phi) is 8.67. The second-order valence-corrected chi connectivity index (χ2v) is 5.79. The van der Waals surface area contributed by atoms with Crippen molar-refractivity contribution < 1.29 is 28.6 Å². The van der Waals surface area contributed by atoms with Gasteiger partial charge in [-0.2, -0.15) is 0 Å². The molecule has 0 aliphatic heterocycles. The van der Waals surface area contributed by atoms with Gasteiger partial charge in [0.2, 0.25) is 0 Å². The van der Waals surface area contributed by atoms with E-state index in [1.54, 1.807) is 20.8 Å². The molecule has 1 amide bonds. The second-order valence-electron chi connectivity index (χ2n) is 5.79. The highest BCUT2D eigenvalue weighted by molar-refractivity contribution is 5.99. The number of carbonyl (C=O) groups is 3. The van der Waals surface area contributed by atoms with Crippen LogP contribution in [0.5, 0.6) is 0 Å². The number of rotatable bonds is 3. The van der Waals surface area contributed by atoms with Gasteiger partial charge in [0.1, 0.15) is 5.60 Å². The quantitative estimate of drug-likeness (QED) is 0.609. The molecular weight excluding hydrogens is 326 g/mol. The monoisotopic (exact) mass is 353 g/mol. The average Bonchev–Trinajstić information content (AvgIpc) is 2.59. The minimum absolute atomic E-state index is 0.126. The average molecular weight is 353 g/mol. The van der Waals surface area contributed by atoms with Gasteiger partial charge in [-0.3, -0.25) is 4.90 Å². The fourth-order valence-corrected chi connectivity index (χ4v) is 1.71. The summed E-state index contributed by atoms with van der Waals surface area (Å²) in [5.41, 5.74) is -0.111. The third kappa shape index (κ3) is 6.82. The molecule has 0 aliphatic rings. The summed E-state index contributed by atoms with van der Waals surface area (Å²) in [6.45, 7) is 9.22. The van der Waals surface area contributed by atoms with Crippen LogP contribution in [0.4, 0.5) is 10.5 Å². The summed E-state index contributed by atoms with van der Waals surface area (Å²) in [5, 5.41) is 0. The first-order valence-corrected chi connectivity index (χ1v) is 7.87. The van der Waals surface area contributed by atoms with Crippen molar-refractivity contribution >= 4 is 23.7 Å². The molecule has 7 nitrogen and oxygen atoms in total. The highest BCUT2D eigenvalue weighted by Gasteiger charge is 2.23. The number of hydrogen-bond donors (Lipinski definition) is 0. The lowest BCUT2D eigenvalue weighted by molar-refractivity contribution is 0.0574. The maximum Gasteiger partial charge on any atom is 0.414 e. The molecule has 1 rings (SSSR count). The van der Waals surface area contributed by atoms with E-state index in [4.69, 9.17) is 4.74 Å². The van der Waals surface area contributed by atoms with Crippen LogP contribution in [0.2, 0.25) is 0 Å². The molecule has 0 spiro atoms. The number of nitrogens with zero attached hydrogens (tertiary/aromatic N) is 1. The zero-order valence-corrected chi connectivity index (χ0v) is 16.1. The van der Waals surface area contributed by atoms with E-state index in [0.29, 0.717) is 5.69 Å². The first-order chi connectivity index (χ1) is 11.6. The standard InChI is InChI=1S/C16H21NO6.C2H6/c1-16(2,3)23-15(20)17(4)12-8-10(13(18)21-5)7-11(9-12)14(19)22-6;1-2/h7-9H,1-6H3;1-2H3. The number of esters is 2. The minimum Gasteiger partial charge on any atom is -0.465 e. The van der Waals surface area contributed by atoms with Crippen molar-refractivity contribution in [1.29, 1.82) is 0 Å². The van der Waals surface area contributed by atoms with Gasteiger partial charge in [0.25, 0.3) is 0 Å². The van der Waals surface area contributed by atoms with Gasteiger partial charge >= 0.3 is 18.0 Å². The van der Waals surface area contributed by atoms with Crippen molar-refractivity contribution in [3.05, 3.63) is 29.3 Å². The normalized spacial score (nSPS) is 10.1. The summed E-state index contributed by atoms with van der Waals surface area (Å²) in [4.78, 5) is 36.8. The van der Waals surface area contributed by atoms with Crippen molar-refractivity contribution in [2.75, 3.05) is 26.2 Å². The molecule has 0 saturated heterocycles. The molecule has 0 aliphatic carbocycles. The van der Waals surface area contributed by atoms with Gasteiger partial charge in [0, 0.05) is 12.7 Å². The van der Waals surface area contributed by atoms with Crippen molar-refractivity contribution in [2.45, 2.75) is 40.2 Å². The Hall–Kier alpha value is -2.57. The molecule has 0 saturated carbocycles. The van der Waals surface area contributed by atoms with Crippen LogP contribution in [-0.4, -0.2) is 44.9 Å². The number of anilines is 1. The van der Waals surface area contributed by atoms with E-state index in [-0.39, 0.29) is 11.1 Å². The second kappa shape index (κ2) is 9.66. The lowest BCUT2D eigenvalue weighted by Gasteiger charge is -2.25. The van der Waals surface area contributed by atoms with E-state index in [1.807, 2.05) is 13.8 Å². The van der Waals surface area contributed by atoms with Crippen LogP contribution in [0.3, 0.4) is 0 Å². The predicted octanol–water partition coefficient (Wildman–Crippen LogP) is 3.66. The Labute approximate surface area is 148 Å². The zero-order valence-electron chi connectivity index (χ0n) is 16.1. The Balaban J connectivity index is 0.00000277. The molecule has 0 aromatic heterocycles. The molecule has 25 heavy (non-hydrogen) atoms. The summed E-state index contributed by atoms with van der Waals surface area (Å²) < 4.78 is 14.6. The molecule has 140 valence electrons. The van der Waals surface area contributed by atoms with Crippen LogP contribution < -0.4 is 4.90 Å². The number of carbonyl (C=O) groups excluding carboxylic acids is 3. The van der Waals surface area contributed by atoms with Crippen LogP contribution in [-0.2, 0) is 14.2 Å². The highest BCUT2D eigenvalue weighted by atomic mass is 16.6. The summed E-state index contributed by atoms with van der Waals surface area (Å²) in [6.07, 6.45) is -0.615. The molecule has 0 heterocycles. The van der Waals surface area contributed by atoms with Crippen LogP contribution in [0.1, 0.15) is 55.3 Å². The molecule has 0 unspecified atom stereocenters.